The van der Waals surface area contributed by atoms with Crippen molar-refractivity contribution >= 4 is 34.9 Å². The van der Waals surface area contributed by atoms with Crippen LogP contribution in [-0.2, 0) is 0 Å². The lowest BCUT2D eigenvalue weighted by molar-refractivity contribution is 0.162. The van der Waals surface area contributed by atoms with Gasteiger partial charge in [0.2, 0.25) is 0 Å². The Labute approximate surface area is 153 Å². The molecule has 2 heterocycles. The van der Waals surface area contributed by atoms with E-state index in [1.165, 1.54) is 0 Å². The zero-order valence-corrected chi connectivity index (χ0v) is 15.5. The van der Waals surface area contributed by atoms with Crippen molar-refractivity contribution in [3.63, 3.8) is 0 Å². The van der Waals surface area contributed by atoms with Crippen LogP contribution >= 0.6 is 23.2 Å². The molecule has 1 aromatic rings. The van der Waals surface area contributed by atoms with E-state index in [2.05, 4.69) is 23.1 Å². The number of benzene rings is 1. The van der Waals surface area contributed by atoms with E-state index < -0.39 is 0 Å². The number of likely N-dealkylation sites (tertiary alicyclic amines) is 1. The average molecular weight is 371 g/mol. The maximum Gasteiger partial charge on any atom is 0.321 e. The normalized spacial score (nSPS) is 25.1. The Morgan fingerprint density at radius 1 is 1.29 bits per heavy atom. The molecule has 1 aromatic carbocycles. The van der Waals surface area contributed by atoms with Crippen LogP contribution in [0.1, 0.15) is 25.3 Å². The van der Waals surface area contributed by atoms with Crippen molar-refractivity contribution in [1.82, 2.24) is 15.8 Å². The number of piperidine rings is 1. The number of anilines is 1. The molecule has 0 aromatic heterocycles. The highest BCUT2D eigenvalue weighted by molar-refractivity contribution is 6.38. The number of carbonyl (C=O) groups is 1. The van der Waals surface area contributed by atoms with Crippen LogP contribution in [0.4, 0.5) is 10.5 Å². The average Bonchev–Trinajstić information content (AvgIpc) is 3.01. The molecule has 0 radical (unpaired) electrons. The summed E-state index contributed by atoms with van der Waals surface area (Å²) in [4.78, 5) is 14.4. The van der Waals surface area contributed by atoms with Crippen molar-refractivity contribution in [2.45, 2.75) is 32.7 Å². The maximum atomic E-state index is 12.5. The van der Waals surface area contributed by atoms with Crippen LogP contribution < -0.4 is 16.2 Å². The molecule has 2 amide bonds. The molecule has 0 bridgehead atoms. The molecule has 0 saturated carbocycles. The van der Waals surface area contributed by atoms with E-state index in [4.69, 9.17) is 23.2 Å². The van der Waals surface area contributed by atoms with Gasteiger partial charge in [0, 0.05) is 30.7 Å². The molecule has 2 aliphatic rings. The van der Waals surface area contributed by atoms with E-state index in [0.29, 0.717) is 33.6 Å². The van der Waals surface area contributed by atoms with Gasteiger partial charge in [-0.2, -0.15) is 0 Å². The van der Waals surface area contributed by atoms with Gasteiger partial charge < -0.3 is 10.2 Å². The molecule has 5 nitrogen and oxygen atoms in total. The molecule has 132 valence electrons. The number of urea groups is 1. The van der Waals surface area contributed by atoms with Crippen LogP contribution in [0, 0.1) is 18.8 Å². The summed E-state index contributed by atoms with van der Waals surface area (Å²) in [7, 11) is 0. The van der Waals surface area contributed by atoms with Crippen LogP contribution in [0.3, 0.4) is 0 Å². The fourth-order valence-corrected chi connectivity index (χ4v) is 4.02. The summed E-state index contributed by atoms with van der Waals surface area (Å²) in [5.74, 6) is 1.24. The van der Waals surface area contributed by atoms with Gasteiger partial charge in [-0.25, -0.2) is 4.79 Å². The van der Waals surface area contributed by atoms with Crippen LogP contribution in [-0.4, -0.2) is 36.6 Å². The number of halogens is 2. The monoisotopic (exact) mass is 370 g/mol. The highest BCUT2D eigenvalue weighted by atomic mass is 35.5. The van der Waals surface area contributed by atoms with Crippen LogP contribution in [0.2, 0.25) is 10.0 Å². The van der Waals surface area contributed by atoms with Gasteiger partial charge in [0.25, 0.3) is 0 Å². The van der Waals surface area contributed by atoms with E-state index in [1.54, 1.807) is 12.1 Å². The minimum absolute atomic E-state index is 0.0948. The van der Waals surface area contributed by atoms with Crippen LogP contribution in [0.15, 0.2) is 12.1 Å². The first kappa shape index (κ1) is 17.8. The number of nitrogens with zero attached hydrogens (tertiary/aromatic N) is 1. The number of nitrogens with one attached hydrogen (secondary N) is 3. The van der Waals surface area contributed by atoms with E-state index >= 15 is 0 Å². The number of rotatable bonds is 2. The minimum Gasteiger partial charge on any atom is -0.325 e. The molecule has 2 saturated heterocycles. The van der Waals surface area contributed by atoms with Crippen LogP contribution in [0.5, 0.6) is 0 Å². The SMILES string of the molecule is Cc1c(Cl)ccc(NC(=O)N2CCC(C3NNCC3C)CC2)c1Cl. The zero-order valence-electron chi connectivity index (χ0n) is 14.0. The summed E-state index contributed by atoms with van der Waals surface area (Å²) in [6.45, 7) is 6.66. The summed E-state index contributed by atoms with van der Waals surface area (Å²) in [6.07, 6.45) is 2.04. The summed E-state index contributed by atoms with van der Waals surface area (Å²) in [6, 6.07) is 3.91. The predicted octanol–water partition coefficient (Wildman–Crippen LogP) is 3.66. The Kier molecular flexibility index (Phi) is 5.55. The lowest BCUT2D eigenvalue weighted by atomic mass is 9.84. The van der Waals surface area contributed by atoms with E-state index in [1.807, 2.05) is 11.8 Å². The van der Waals surface area contributed by atoms with Crippen molar-refractivity contribution in [3.05, 3.63) is 27.7 Å². The first-order valence-electron chi connectivity index (χ1n) is 8.46. The third-order valence-corrected chi connectivity index (χ3v) is 6.10. The van der Waals surface area contributed by atoms with Crippen molar-refractivity contribution in [1.29, 1.82) is 0 Å². The van der Waals surface area contributed by atoms with Gasteiger partial charge in [-0.3, -0.25) is 10.9 Å². The second-order valence-corrected chi connectivity index (χ2v) is 7.60. The van der Waals surface area contributed by atoms with Gasteiger partial charge in [-0.05, 0) is 49.3 Å². The van der Waals surface area contributed by atoms with Crippen molar-refractivity contribution in [2.24, 2.45) is 11.8 Å². The fraction of sp³-hybridized carbons (Fsp3) is 0.588. The minimum atomic E-state index is -0.0948. The van der Waals surface area contributed by atoms with Crippen molar-refractivity contribution in [3.8, 4) is 0 Å². The molecule has 0 spiro atoms. The molecule has 2 fully saturated rings. The zero-order chi connectivity index (χ0) is 17.3. The van der Waals surface area contributed by atoms with Crippen LogP contribution in [0.25, 0.3) is 0 Å². The molecular weight excluding hydrogens is 347 g/mol. The molecule has 2 aliphatic heterocycles. The lowest BCUT2D eigenvalue weighted by Crippen LogP contribution is -2.46. The van der Waals surface area contributed by atoms with Gasteiger partial charge in [0.15, 0.2) is 0 Å². The first-order valence-corrected chi connectivity index (χ1v) is 9.22. The summed E-state index contributed by atoms with van der Waals surface area (Å²) in [5.41, 5.74) is 8.01. The number of hydrogen-bond donors (Lipinski definition) is 3. The van der Waals surface area contributed by atoms with Gasteiger partial charge in [-0.15, -0.1) is 0 Å². The summed E-state index contributed by atoms with van der Waals surface area (Å²) >= 11 is 12.3. The van der Waals surface area contributed by atoms with E-state index in [-0.39, 0.29) is 6.03 Å². The molecular formula is C17H24Cl2N4O. The lowest BCUT2D eigenvalue weighted by Gasteiger charge is -2.35. The van der Waals surface area contributed by atoms with E-state index in [9.17, 15) is 4.79 Å². The molecule has 7 heteroatoms. The summed E-state index contributed by atoms with van der Waals surface area (Å²) in [5, 5.41) is 4.01. The Morgan fingerprint density at radius 3 is 2.62 bits per heavy atom. The van der Waals surface area contributed by atoms with Crippen molar-refractivity contribution in [2.75, 3.05) is 25.0 Å². The third kappa shape index (κ3) is 3.64. The molecule has 0 aliphatic carbocycles. The maximum absolute atomic E-state index is 12.5. The second-order valence-electron chi connectivity index (χ2n) is 6.82. The molecule has 2 atom stereocenters. The topological polar surface area (TPSA) is 56.4 Å². The van der Waals surface area contributed by atoms with Crippen molar-refractivity contribution < 1.29 is 4.79 Å². The Balaban J connectivity index is 1.57. The largest absolute Gasteiger partial charge is 0.325 e. The molecule has 2 unspecified atom stereocenters. The number of amides is 2. The summed E-state index contributed by atoms with van der Waals surface area (Å²) < 4.78 is 0. The fourth-order valence-electron chi connectivity index (χ4n) is 3.60. The number of hydrazine groups is 1. The molecule has 3 N–H and O–H groups in total. The Hall–Kier alpha value is -1.01. The van der Waals surface area contributed by atoms with Gasteiger partial charge in [-0.1, -0.05) is 30.1 Å². The Morgan fingerprint density at radius 2 is 2.00 bits per heavy atom. The standard InChI is InChI=1S/C17H24Cl2N4O/c1-10-9-20-22-16(10)12-5-7-23(8-6-12)17(24)21-14-4-3-13(18)11(2)15(14)19/h3-4,10,12,16,20,22H,5-9H2,1-2H3,(H,21,24). The highest BCUT2D eigenvalue weighted by Crippen LogP contribution is 2.31. The Bertz CT molecular complexity index is 617. The smallest absolute Gasteiger partial charge is 0.321 e. The van der Waals surface area contributed by atoms with E-state index in [0.717, 1.165) is 38.0 Å². The highest BCUT2D eigenvalue weighted by Gasteiger charge is 2.34. The molecule has 24 heavy (non-hydrogen) atoms. The van der Waals surface area contributed by atoms with Gasteiger partial charge >= 0.3 is 6.03 Å². The quantitative estimate of drug-likeness (QED) is 0.744. The third-order valence-electron chi connectivity index (χ3n) is 5.20. The number of hydrogen-bond acceptors (Lipinski definition) is 3. The van der Waals surface area contributed by atoms with Gasteiger partial charge in [0.05, 0.1) is 10.7 Å². The number of carbonyl (C=O) groups excluding carboxylic acids is 1. The second kappa shape index (κ2) is 7.48. The predicted molar refractivity (Wildman–Crippen MR) is 98.6 cm³/mol. The van der Waals surface area contributed by atoms with Gasteiger partial charge in [0.1, 0.15) is 0 Å². The first-order chi connectivity index (χ1) is 11.5. The molecule has 3 rings (SSSR count).